The van der Waals surface area contributed by atoms with Crippen LogP contribution in [0.25, 0.3) is 0 Å². The van der Waals surface area contributed by atoms with E-state index in [2.05, 4.69) is 10.0 Å². The molecule has 1 aromatic rings. The minimum atomic E-state index is -4.03. The van der Waals surface area contributed by atoms with Gasteiger partial charge in [-0.25, -0.2) is 8.42 Å². The van der Waals surface area contributed by atoms with Gasteiger partial charge in [0.1, 0.15) is 11.8 Å². The van der Waals surface area contributed by atoms with E-state index in [-0.39, 0.29) is 29.5 Å². The molecule has 0 aliphatic carbocycles. The third kappa shape index (κ3) is 4.36. The number of carboxylic acid groups (broad SMARTS) is 1. The molecule has 2 rings (SSSR count). The zero-order chi connectivity index (χ0) is 17.0. The van der Waals surface area contributed by atoms with Crippen molar-refractivity contribution in [3.8, 4) is 5.75 Å². The maximum atomic E-state index is 12.3. The topological polar surface area (TPSA) is 122 Å². The van der Waals surface area contributed by atoms with Crippen LogP contribution in [-0.4, -0.2) is 50.1 Å². The number of benzene rings is 1. The Bertz CT molecular complexity index is 719. The summed E-state index contributed by atoms with van der Waals surface area (Å²) in [6.07, 6.45) is 1.97. The highest BCUT2D eigenvalue weighted by Crippen LogP contribution is 2.30. The lowest BCUT2D eigenvalue weighted by molar-refractivity contribution is -0.139. The third-order valence-corrected chi connectivity index (χ3v) is 5.21. The summed E-state index contributed by atoms with van der Waals surface area (Å²) in [5, 5.41) is 11.6. The van der Waals surface area contributed by atoms with E-state index in [1.54, 1.807) is 6.26 Å². The highest BCUT2D eigenvalue weighted by Gasteiger charge is 2.26. The molecule has 0 spiro atoms. The smallest absolute Gasteiger partial charge is 0.321 e. The molecular formula is C13H16N2O6S2. The molecule has 126 valence electrons. The van der Waals surface area contributed by atoms with Crippen molar-refractivity contribution in [1.29, 1.82) is 0 Å². The van der Waals surface area contributed by atoms with Crippen LogP contribution < -0.4 is 14.8 Å². The number of fused-ring (bicyclic) bond motifs is 1. The van der Waals surface area contributed by atoms with Crippen LogP contribution in [0.4, 0.5) is 5.69 Å². The van der Waals surface area contributed by atoms with Gasteiger partial charge >= 0.3 is 5.97 Å². The monoisotopic (exact) mass is 360 g/mol. The second-order valence-electron chi connectivity index (χ2n) is 4.79. The minimum absolute atomic E-state index is 0.132. The molecular weight excluding hydrogens is 344 g/mol. The van der Waals surface area contributed by atoms with Gasteiger partial charge in [-0.3, -0.25) is 9.59 Å². The number of thioether (sulfide) groups is 1. The molecule has 1 atom stereocenters. The molecule has 0 fully saturated rings. The number of rotatable bonds is 7. The number of ether oxygens (including phenoxy) is 1. The molecule has 0 unspecified atom stereocenters. The van der Waals surface area contributed by atoms with Crippen LogP contribution >= 0.6 is 11.8 Å². The highest BCUT2D eigenvalue weighted by molar-refractivity contribution is 7.98. The van der Waals surface area contributed by atoms with Crippen molar-refractivity contribution in [2.75, 3.05) is 23.9 Å². The normalized spacial score (nSPS) is 15.3. The van der Waals surface area contributed by atoms with Crippen molar-refractivity contribution in [2.45, 2.75) is 17.4 Å². The number of carboxylic acids is 1. The first-order valence-corrected chi connectivity index (χ1v) is 9.52. The number of carbonyl (C=O) groups excluding carboxylic acids is 1. The van der Waals surface area contributed by atoms with Crippen LogP contribution in [0.3, 0.4) is 0 Å². The average molecular weight is 360 g/mol. The van der Waals surface area contributed by atoms with Crippen LogP contribution in [0, 0.1) is 0 Å². The van der Waals surface area contributed by atoms with Gasteiger partial charge in [-0.1, -0.05) is 0 Å². The molecule has 1 aliphatic rings. The fourth-order valence-corrected chi connectivity index (χ4v) is 3.67. The first-order chi connectivity index (χ1) is 10.8. The Balaban J connectivity index is 2.23. The van der Waals surface area contributed by atoms with Crippen molar-refractivity contribution < 1.29 is 27.9 Å². The predicted molar refractivity (Wildman–Crippen MR) is 85.3 cm³/mol. The van der Waals surface area contributed by atoms with Gasteiger partial charge in [-0.05, 0) is 36.6 Å². The number of hydrogen-bond acceptors (Lipinski definition) is 6. The largest absolute Gasteiger partial charge is 0.482 e. The fraction of sp³-hybridized carbons (Fsp3) is 0.385. The lowest BCUT2D eigenvalue weighted by Gasteiger charge is -2.19. The van der Waals surface area contributed by atoms with Crippen molar-refractivity contribution in [3.63, 3.8) is 0 Å². The maximum absolute atomic E-state index is 12.3. The van der Waals surface area contributed by atoms with E-state index < -0.39 is 22.0 Å². The SMILES string of the molecule is CSCC[C@H](NS(=O)(=O)c1ccc2c(c1)NC(=O)CO2)C(=O)O. The van der Waals surface area contributed by atoms with Crippen molar-refractivity contribution >= 4 is 39.3 Å². The van der Waals surface area contributed by atoms with E-state index in [4.69, 9.17) is 9.84 Å². The summed E-state index contributed by atoms with van der Waals surface area (Å²) < 4.78 is 32.0. The second kappa shape index (κ2) is 7.20. The first-order valence-electron chi connectivity index (χ1n) is 6.64. The van der Waals surface area contributed by atoms with Gasteiger partial charge in [0.2, 0.25) is 10.0 Å². The number of hydrogen-bond donors (Lipinski definition) is 3. The molecule has 3 N–H and O–H groups in total. The Morgan fingerprint density at radius 2 is 2.26 bits per heavy atom. The summed E-state index contributed by atoms with van der Waals surface area (Å²) in [5.74, 6) is -0.755. The van der Waals surface area contributed by atoms with Gasteiger partial charge in [0, 0.05) is 0 Å². The summed E-state index contributed by atoms with van der Waals surface area (Å²) in [5.41, 5.74) is 0.236. The van der Waals surface area contributed by atoms with E-state index in [1.807, 2.05) is 0 Å². The summed E-state index contributed by atoms with van der Waals surface area (Å²) in [4.78, 5) is 22.3. The molecule has 0 saturated carbocycles. The Morgan fingerprint density at radius 3 is 2.91 bits per heavy atom. The van der Waals surface area contributed by atoms with Crippen LogP contribution in [-0.2, 0) is 19.6 Å². The van der Waals surface area contributed by atoms with Crippen molar-refractivity contribution in [1.82, 2.24) is 4.72 Å². The zero-order valence-electron chi connectivity index (χ0n) is 12.2. The van der Waals surface area contributed by atoms with Crippen LogP contribution in [0.5, 0.6) is 5.75 Å². The molecule has 1 amide bonds. The summed E-state index contributed by atoms with van der Waals surface area (Å²) in [6, 6.07) is 2.74. The lowest BCUT2D eigenvalue weighted by atomic mass is 10.2. The first kappa shape index (κ1) is 17.6. The molecule has 0 radical (unpaired) electrons. The molecule has 10 heteroatoms. The van der Waals surface area contributed by atoms with E-state index in [0.29, 0.717) is 11.5 Å². The molecule has 1 heterocycles. The predicted octanol–water partition coefficient (Wildman–Crippen LogP) is 0.502. The van der Waals surface area contributed by atoms with Gasteiger partial charge < -0.3 is 15.2 Å². The zero-order valence-corrected chi connectivity index (χ0v) is 13.9. The Labute approximate surface area is 137 Å². The molecule has 23 heavy (non-hydrogen) atoms. The Hall–Kier alpha value is -1.78. The highest BCUT2D eigenvalue weighted by atomic mass is 32.2. The summed E-state index contributed by atoms with van der Waals surface area (Å²) in [7, 11) is -4.03. The number of sulfonamides is 1. The molecule has 0 aromatic heterocycles. The second-order valence-corrected chi connectivity index (χ2v) is 7.49. The number of nitrogens with one attached hydrogen (secondary N) is 2. The van der Waals surface area contributed by atoms with E-state index in [0.717, 1.165) is 0 Å². The van der Waals surface area contributed by atoms with Crippen molar-refractivity contribution in [3.05, 3.63) is 18.2 Å². The minimum Gasteiger partial charge on any atom is -0.482 e. The fourth-order valence-electron chi connectivity index (χ4n) is 1.95. The molecule has 1 aromatic carbocycles. The quantitative estimate of drug-likeness (QED) is 0.647. The number of anilines is 1. The van der Waals surface area contributed by atoms with E-state index >= 15 is 0 Å². The van der Waals surface area contributed by atoms with Gasteiger partial charge in [0.15, 0.2) is 6.61 Å². The van der Waals surface area contributed by atoms with Crippen LogP contribution in [0.15, 0.2) is 23.1 Å². The van der Waals surface area contributed by atoms with Gasteiger partial charge in [0.25, 0.3) is 5.91 Å². The molecule has 1 aliphatic heterocycles. The molecule has 0 bridgehead atoms. The van der Waals surface area contributed by atoms with Crippen LogP contribution in [0.2, 0.25) is 0 Å². The number of carbonyl (C=O) groups is 2. The average Bonchev–Trinajstić information content (AvgIpc) is 2.50. The van der Waals surface area contributed by atoms with Gasteiger partial charge in [-0.15, -0.1) is 0 Å². The Kier molecular flexibility index (Phi) is 5.50. The van der Waals surface area contributed by atoms with Crippen molar-refractivity contribution in [2.24, 2.45) is 0 Å². The van der Waals surface area contributed by atoms with Gasteiger partial charge in [0.05, 0.1) is 10.6 Å². The van der Waals surface area contributed by atoms with E-state index in [9.17, 15) is 18.0 Å². The molecule has 8 nitrogen and oxygen atoms in total. The number of amides is 1. The summed E-state index contributed by atoms with van der Waals surface area (Å²) in [6.45, 7) is -0.132. The lowest BCUT2D eigenvalue weighted by Crippen LogP contribution is -2.41. The summed E-state index contributed by atoms with van der Waals surface area (Å²) >= 11 is 1.43. The standard InChI is InChI=1S/C13H16N2O6S2/c1-22-5-4-9(13(17)18)15-23(19,20)8-2-3-11-10(6-8)14-12(16)7-21-11/h2-3,6,9,15H,4-5,7H2,1H3,(H,14,16)(H,17,18)/t9-/m0/s1. The maximum Gasteiger partial charge on any atom is 0.321 e. The van der Waals surface area contributed by atoms with Crippen LogP contribution in [0.1, 0.15) is 6.42 Å². The van der Waals surface area contributed by atoms with Gasteiger partial charge in [-0.2, -0.15) is 16.5 Å². The number of aliphatic carboxylic acids is 1. The van der Waals surface area contributed by atoms with E-state index in [1.165, 1.54) is 30.0 Å². The third-order valence-electron chi connectivity index (χ3n) is 3.10. The Morgan fingerprint density at radius 1 is 1.52 bits per heavy atom. The molecule has 0 saturated heterocycles.